The van der Waals surface area contributed by atoms with Crippen molar-refractivity contribution in [2.75, 3.05) is 13.1 Å². The SMILES string of the molecule is C#CCN(CC1CC1)C(=O)c1cncc(I)c1. The lowest BCUT2D eigenvalue weighted by Crippen LogP contribution is -2.33. The van der Waals surface area contributed by atoms with E-state index in [1.165, 1.54) is 12.8 Å². The van der Waals surface area contributed by atoms with E-state index in [-0.39, 0.29) is 5.91 Å². The summed E-state index contributed by atoms with van der Waals surface area (Å²) in [7, 11) is 0. The van der Waals surface area contributed by atoms with Gasteiger partial charge >= 0.3 is 0 Å². The van der Waals surface area contributed by atoms with Crippen molar-refractivity contribution in [1.29, 1.82) is 0 Å². The molecule has 1 aliphatic carbocycles. The van der Waals surface area contributed by atoms with Crippen LogP contribution >= 0.6 is 22.6 Å². The van der Waals surface area contributed by atoms with Gasteiger partial charge in [-0.15, -0.1) is 6.42 Å². The third-order valence-corrected chi connectivity index (χ3v) is 3.29. The molecular weight excluding hydrogens is 327 g/mol. The van der Waals surface area contributed by atoms with E-state index in [4.69, 9.17) is 6.42 Å². The number of halogens is 1. The number of nitrogens with zero attached hydrogens (tertiary/aromatic N) is 2. The van der Waals surface area contributed by atoms with Crippen LogP contribution in [0, 0.1) is 21.8 Å². The van der Waals surface area contributed by atoms with Gasteiger partial charge in [0.05, 0.1) is 12.1 Å². The lowest BCUT2D eigenvalue weighted by Gasteiger charge is -2.19. The number of carbonyl (C=O) groups is 1. The molecule has 1 aromatic heterocycles. The number of hydrogen-bond acceptors (Lipinski definition) is 2. The number of terminal acetylenes is 1. The van der Waals surface area contributed by atoms with Crippen molar-refractivity contribution in [2.45, 2.75) is 12.8 Å². The second kappa shape index (κ2) is 5.50. The van der Waals surface area contributed by atoms with Gasteiger partial charge in [-0.3, -0.25) is 9.78 Å². The molecule has 0 N–H and O–H groups in total. The molecule has 1 amide bonds. The highest BCUT2D eigenvalue weighted by atomic mass is 127. The van der Waals surface area contributed by atoms with Gasteiger partial charge in [-0.05, 0) is 47.4 Å². The van der Waals surface area contributed by atoms with Gasteiger partial charge in [-0.25, -0.2) is 0 Å². The van der Waals surface area contributed by atoms with E-state index < -0.39 is 0 Å². The molecule has 0 saturated heterocycles. The van der Waals surface area contributed by atoms with Crippen LogP contribution in [0.2, 0.25) is 0 Å². The van der Waals surface area contributed by atoms with Crippen molar-refractivity contribution < 1.29 is 4.79 Å². The fourth-order valence-corrected chi connectivity index (χ4v) is 2.15. The van der Waals surface area contributed by atoms with Crippen molar-refractivity contribution in [3.8, 4) is 12.3 Å². The van der Waals surface area contributed by atoms with Crippen LogP contribution < -0.4 is 0 Å². The smallest absolute Gasteiger partial charge is 0.256 e. The molecule has 0 aliphatic heterocycles. The first-order chi connectivity index (χ1) is 8.20. The molecule has 4 heteroatoms. The summed E-state index contributed by atoms with van der Waals surface area (Å²) in [6.07, 6.45) is 11.0. The molecule has 0 aromatic carbocycles. The fraction of sp³-hybridized carbons (Fsp3) is 0.385. The van der Waals surface area contributed by atoms with Gasteiger partial charge in [0.1, 0.15) is 0 Å². The van der Waals surface area contributed by atoms with Gasteiger partial charge in [0.15, 0.2) is 0 Å². The number of hydrogen-bond donors (Lipinski definition) is 0. The number of rotatable bonds is 4. The molecule has 3 nitrogen and oxygen atoms in total. The normalized spacial score (nSPS) is 14.1. The summed E-state index contributed by atoms with van der Waals surface area (Å²) in [5.74, 6) is 3.18. The van der Waals surface area contributed by atoms with E-state index in [9.17, 15) is 4.79 Å². The summed E-state index contributed by atoms with van der Waals surface area (Å²) < 4.78 is 0.959. The molecule has 1 heterocycles. The third kappa shape index (κ3) is 3.43. The second-order valence-electron chi connectivity index (χ2n) is 4.23. The maximum absolute atomic E-state index is 12.2. The van der Waals surface area contributed by atoms with E-state index in [1.54, 1.807) is 17.3 Å². The lowest BCUT2D eigenvalue weighted by atomic mass is 10.2. The van der Waals surface area contributed by atoms with Crippen LogP contribution in [0.25, 0.3) is 0 Å². The molecule has 1 fully saturated rings. The quantitative estimate of drug-likeness (QED) is 0.622. The summed E-state index contributed by atoms with van der Waals surface area (Å²) in [4.78, 5) is 18.0. The zero-order valence-corrected chi connectivity index (χ0v) is 11.6. The molecule has 0 spiro atoms. The highest BCUT2D eigenvalue weighted by molar-refractivity contribution is 14.1. The Hall–Kier alpha value is -1.09. The minimum absolute atomic E-state index is 0.0131. The van der Waals surface area contributed by atoms with Gasteiger partial charge in [0.25, 0.3) is 5.91 Å². The maximum Gasteiger partial charge on any atom is 0.256 e. The molecular formula is C13H13IN2O. The first-order valence-corrected chi connectivity index (χ1v) is 6.62. The molecule has 1 aromatic rings. The van der Waals surface area contributed by atoms with Crippen LogP contribution in [-0.4, -0.2) is 28.9 Å². The monoisotopic (exact) mass is 340 g/mol. The number of carbonyl (C=O) groups excluding carboxylic acids is 1. The van der Waals surface area contributed by atoms with Crippen LogP contribution in [-0.2, 0) is 0 Å². The largest absolute Gasteiger partial charge is 0.327 e. The van der Waals surface area contributed by atoms with E-state index >= 15 is 0 Å². The molecule has 0 bridgehead atoms. The van der Waals surface area contributed by atoms with Gasteiger partial charge in [-0.1, -0.05) is 5.92 Å². The molecule has 0 radical (unpaired) electrons. The molecule has 0 unspecified atom stereocenters. The van der Waals surface area contributed by atoms with E-state index in [1.807, 2.05) is 6.07 Å². The molecule has 17 heavy (non-hydrogen) atoms. The molecule has 1 aliphatic rings. The standard InChI is InChI=1S/C13H13IN2O/c1-2-5-16(9-10-3-4-10)13(17)11-6-12(14)8-15-7-11/h1,6-8,10H,3-5,9H2. The molecule has 0 atom stereocenters. The Bertz CT molecular complexity index is 463. The summed E-state index contributed by atoms with van der Waals surface area (Å²) in [5.41, 5.74) is 0.618. The topological polar surface area (TPSA) is 33.2 Å². The average Bonchev–Trinajstić information content (AvgIpc) is 3.11. The molecule has 2 rings (SSSR count). The Morgan fingerprint density at radius 2 is 2.35 bits per heavy atom. The zero-order chi connectivity index (χ0) is 12.3. The highest BCUT2D eigenvalue weighted by Gasteiger charge is 2.26. The van der Waals surface area contributed by atoms with Crippen LogP contribution in [0.4, 0.5) is 0 Å². The highest BCUT2D eigenvalue weighted by Crippen LogP contribution is 2.30. The van der Waals surface area contributed by atoms with Gasteiger partial charge in [0, 0.05) is 22.5 Å². The Balaban J connectivity index is 2.12. The predicted molar refractivity (Wildman–Crippen MR) is 74.4 cm³/mol. The Kier molecular flexibility index (Phi) is 4.00. The number of amides is 1. The van der Waals surface area contributed by atoms with Gasteiger partial charge in [0.2, 0.25) is 0 Å². The van der Waals surface area contributed by atoms with Crippen molar-refractivity contribution >= 4 is 28.5 Å². The second-order valence-corrected chi connectivity index (χ2v) is 5.47. The summed E-state index contributed by atoms with van der Waals surface area (Å²) in [5, 5.41) is 0. The van der Waals surface area contributed by atoms with E-state index in [2.05, 4.69) is 33.5 Å². The summed E-state index contributed by atoms with van der Waals surface area (Å²) >= 11 is 2.15. The Labute approximate surface area is 115 Å². The van der Waals surface area contributed by atoms with Crippen molar-refractivity contribution in [1.82, 2.24) is 9.88 Å². The Morgan fingerprint density at radius 3 is 2.94 bits per heavy atom. The lowest BCUT2D eigenvalue weighted by molar-refractivity contribution is 0.0769. The van der Waals surface area contributed by atoms with Crippen LogP contribution in [0.15, 0.2) is 18.5 Å². The van der Waals surface area contributed by atoms with Gasteiger partial charge in [-0.2, -0.15) is 0 Å². The Morgan fingerprint density at radius 1 is 1.59 bits per heavy atom. The van der Waals surface area contributed by atoms with Crippen molar-refractivity contribution in [3.05, 3.63) is 27.6 Å². The first-order valence-electron chi connectivity index (χ1n) is 5.54. The zero-order valence-electron chi connectivity index (χ0n) is 9.40. The fourth-order valence-electron chi connectivity index (χ4n) is 1.65. The minimum atomic E-state index is -0.0131. The number of pyridine rings is 1. The predicted octanol–water partition coefficient (Wildman–Crippen LogP) is 2.17. The summed E-state index contributed by atoms with van der Waals surface area (Å²) in [6, 6.07) is 1.84. The minimum Gasteiger partial charge on any atom is -0.327 e. The van der Waals surface area contributed by atoms with Crippen molar-refractivity contribution in [2.24, 2.45) is 5.92 Å². The molecule has 88 valence electrons. The maximum atomic E-state index is 12.2. The summed E-state index contributed by atoms with van der Waals surface area (Å²) in [6.45, 7) is 1.15. The van der Waals surface area contributed by atoms with Crippen LogP contribution in [0.5, 0.6) is 0 Å². The van der Waals surface area contributed by atoms with Gasteiger partial charge < -0.3 is 4.90 Å². The van der Waals surface area contributed by atoms with Crippen molar-refractivity contribution in [3.63, 3.8) is 0 Å². The van der Waals surface area contributed by atoms with Crippen LogP contribution in [0.1, 0.15) is 23.2 Å². The molecule has 1 saturated carbocycles. The van der Waals surface area contributed by atoms with E-state index in [0.29, 0.717) is 18.0 Å². The first kappa shape index (κ1) is 12.4. The third-order valence-electron chi connectivity index (χ3n) is 2.70. The van der Waals surface area contributed by atoms with E-state index in [0.717, 1.165) is 10.1 Å². The average molecular weight is 340 g/mol. The number of aromatic nitrogens is 1. The van der Waals surface area contributed by atoms with Crippen LogP contribution in [0.3, 0.4) is 0 Å².